The molecule has 1 aliphatic heterocycles. The molecule has 1 aromatic rings. The Hall–Kier alpha value is -0.100. The van der Waals surface area contributed by atoms with E-state index in [4.69, 9.17) is 4.74 Å². The summed E-state index contributed by atoms with van der Waals surface area (Å²) in [7, 11) is 3.89. The molecule has 1 aliphatic rings. The molecule has 0 radical (unpaired) electrons. The second-order valence-electron chi connectivity index (χ2n) is 3.68. The van der Waals surface area contributed by atoms with E-state index in [0.717, 1.165) is 18.0 Å². The molecule has 1 unspecified atom stereocenters. The lowest BCUT2D eigenvalue weighted by molar-refractivity contribution is 0.181. The summed E-state index contributed by atoms with van der Waals surface area (Å²) in [6, 6.07) is 0.499. The van der Waals surface area contributed by atoms with Gasteiger partial charge in [-0.15, -0.1) is 11.3 Å². The van der Waals surface area contributed by atoms with Crippen LogP contribution in [0.3, 0.4) is 0 Å². The van der Waals surface area contributed by atoms with Crippen LogP contribution in [0.4, 0.5) is 0 Å². The molecule has 1 atom stereocenters. The highest BCUT2D eigenvalue weighted by Gasteiger charge is 2.23. The monoisotopic (exact) mass is 244 g/mol. The van der Waals surface area contributed by atoms with Gasteiger partial charge in [0.25, 0.3) is 0 Å². The first-order valence-electron chi connectivity index (χ1n) is 5.02. The average molecular weight is 244 g/mol. The van der Waals surface area contributed by atoms with Crippen molar-refractivity contribution in [2.45, 2.75) is 12.6 Å². The molecular weight excluding hydrogens is 228 g/mol. The Kier molecular flexibility index (Phi) is 4.02. The molecule has 0 aromatic carbocycles. The van der Waals surface area contributed by atoms with Gasteiger partial charge in [-0.05, 0) is 7.05 Å². The maximum absolute atomic E-state index is 5.08. The Balaban J connectivity index is 2.06. The molecule has 1 fully saturated rings. The van der Waals surface area contributed by atoms with Gasteiger partial charge in [0.05, 0.1) is 18.3 Å². The normalized spacial score (nSPS) is 23.2. The topological polar surface area (TPSA) is 25.4 Å². The SMILES string of the molecule is COCc1csc(C2CSCCN2C)n1. The van der Waals surface area contributed by atoms with Gasteiger partial charge in [-0.25, -0.2) is 4.98 Å². The van der Waals surface area contributed by atoms with Crippen molar-refractivity contribution in [3.8, 4) is 0 Å². The summed E-state index contributed by atoms with van der Waals surface area (Å²) in [6.45, 7) is 1.79. The molecule has 0 amide bonds. The molecule has 3 nitrogen and oxygen atoms in total. The zero-order valence-electron chi connectivity index (χ0n) is 9.10. The molecule has 5 heteroatoms. The first-order chi connectivity index (χ1) is 7.31. The first-order valence-corrected chi connectivity index (χ1v) is 7.06. The van der Waals surface area contributed by atoms with Gasteiger partial charge in [-0.1, -0.05) is 0 Å². The highest BCUT2D eigenvalue weighted by atomic mass is 32.2. The van der Waals surface area contributed by atoms with E-state index in [9.17, 15) is 0 Å². The molecule has 1 saturated heterocycles. The van der Waals surface area contributed by atoms with Crippen molar-refractivity contribution in [1.82, 2.24) is 9.88 Å². The predicted molar refractivity (Wildman–Crippen MR) is 65.5 cm³/mol. The van der Waals surface area contributed by atoms with Crippen LogP contribution in [0.2, 0.25) is 0 Å². The van der Waals surface area contributed by atoms with Gasteiger partial charge in [0, 0.05) is 30.5 Å². The third-order valence-corrected chi connectivity index (χ3v) is 4.56. The Morgan fingerprint density at radius 1 is 1.67 bits per heavy atom. The zero-order chi connectivity index (χ0) is 10.7. The number of ether oxygens (including phenoxy) is 1. The van der Waals surface area contributed by atoms with E-state index >= 15 is 0 Å². The largest absolute Gasteiger partial charge is 0.378 e. The standard InChI is InChI=1S/C10H16N2OS2/c1-12-3-4-14-7-9(12)10-11-8(5-13-2)6-15-10/h6,9H,3-5,7H2,1-2H3. The zero-order valence-corrected chi connectivity index (χ0v) is 10.7. The van der Waals surface area contributed by atoms with Crippen molar-refractivity contribution in [3.63, 3.8) is 0 Å². The minimum Gasteiger partial charge on any atom is -0.378 e. The number of rotatable bonds is 3. The fraction of sp³-hybridized carbons (Fsp3) is 0.700. The smallest absolute Gasteiger partial charge is 0.111 e. The fourth-order valence-electron chi connectivity index (χ4n) is 1.64. The van der Waals surface area contributed by atoms with E-state index in [1.54, 1.807) is 18.4 Å². The second-order valence-corrected chi connectivity index (χ2v) is 5.72. The molecule has 1 aromatic heterocycles. The summed E-state index contributed by atoms with van der Waals surface area (Å²) < 4.78 is 5.08. The average Bonchev–Trinajstić information content (AvgIpc) is 2.68. The minimum atomic E-state index is 0.499. The van der Waals surface area contributed by atoms with Crippen molar-refractivity contribution >= 4 is 23.1 Å². The van der Waals surface area contributed by atoms with E-state index in [1.807, 2.05) is 11.8 Å². The summed E-state index contributed by atoms with van der Waals surface area (Å²) >= 11 is 3.77. The Morgan fingerprint density at radius 2 is 2.53 bits per heavy atom. The number of hydrogen-bond donors (Lipinski definition) is 0. The van der Waals surface area contributed by atoms with Crippen LogP contribution in [0, 0.1) is 0 Å². The molecule has 0 aliphatic carbocycles. The van der Waals surface area contributed by atoms with E-state index in [2.05, 4.69) is 22.3 Å². The van der Waals surface area contributed by atoms with Gasteiger partial charge in [0.15, 0.2) is 0 Å². The van der Waals surface area contributed by atoms with Crippen molar-refractivity contribution in [2.75, 3.05) is 32.2 Å². The molecule has 0 N–H and O–H groups in total. The molecule has 0 saturated carbocycles. The van der Waals surface area contributed by atoms with Gasteiger partial charge in [0.2, 0.25) is 0 Å². The molecule has 2 rings (SSSR count). The fourth-order valence-corrected chi connectivity index (χ4v) is 3.93. The van der Waals surface area contributed by atoms with Gasteiger partial charge in [-0.2, -0.15) is 11.8 Å². The molecule has 0 spiro atoms. The number of nitrogens with zero attached hydrogens (tertiary/aromatic N) is 2. The first kappa shape index (κ1) is 11.4. The lowest BCUT2D eigenvalue weighted by atomic mass is 10.3. The van der Waals surface area contributed by atoms with E-state index < -0.39 is 0 Å². The van der Waals surface area contributed by atoms with Crippen LogP contribution < -0.4 is 0 Å². The number of aromatic nitrogens is 1. The lowest BCUT2D eigenvalue weighted by Gasteiger charge is -2.30. The predicted octanol–water partition coefficient (Wildman–Crippen LogP) is 2.01. The van der Waals surface area contributed by atoms with E-state index in [-0.39, 0.29) is 0 Å². The Labute approximate surface area is 98.8 Å². The van der Waals surface area contributed by atoms with Gasteiger partial charge >= 0.3 is 0 Å². The molecule has 15 heavy (non-hydrogen) atoms. The van der Waals surface area contributed by atoms with Crippen LogP contribution in [-0.4, -0.2) is 42.1 Å². The summed E-state index contributed by atoms with van der Waals surface area (Å²) in [5.74, 6) is 2.40. The van der Waals surface area contributed by atoms with Crippen molar-refractivity contribution in [1.29, 1.82) is 0 Å². The van der Waals surface area contributed by atoms with Crippen LogP contribution in [-0.2, 0) is 11.3 Å². The number of thiazole rings is 1. The summed E-state index contributed by atoms with van der Waals surface area (Å²) in [5.41, 5.74) is 1.06. The number of hydrogen-bond acceptors (Lipinski definition) is 5. The highest BCUT2D eigenvalue weighted by molar-refractivity contribution is 7.99. The molecular formula is C10H16N2OS2. The van der Waals surface area contributed by atoms with Crippen LogP contribution in [0.1, 0.15) is 16.7 Å². The minimum absolute atomic E-state index is 0.499. The van der Waals surface area contributed by atoms with Crippen LogP contribution in [0.15, 0.2) is 5.38 Å². The van der Waals surface area contributed by atoms with Crippen molar-refractivity contribution in [2.24, 2.45) is 0 Å². The van der Waals surface area contributed by atoms with Gasteiger partial charge in [0.1, 0.15) is 5.01 Å². The van der Waals surface area contributed by atoms with Gasteiger partial charge < -0.3 is 4.74 Å². The van der Waals surface area contributed by atoms with Crippen LogP contribution in [0.25, 0.3) is 0 Å². The van der Waals surface area contributed by atoms with Crippen LogP contribution >= 0.6 is 23.1 Å². The third kappa shape index (κ3) is 2.72. The van der Waals surface area contributed by atoms with E-state index in [0.29, 0.717) is 12.6 Å². The van der Waals surface area contributed by atoms with Crippen molar-refractivity contribution in [3.05, 3.63) is 16.1 Å². The van der Waals surface area contributed by atoms with Crippen LogP contribution in [0.5, 0.6) is 0 Å². The maximum atomic E-state index is 5.08. The number of methoxy groups -OCH3 is 1. The quantitative estimate of drug-likeness (QED) is 0.812. The summed E-state index contributed by atoms with van der Waals surface area (Å²) in [6.07, 6.45) is 0. The van der Waals surface area contributed by atoms with Crippen molar-refractivity contribution < 1.29 is 4.74 Å². The maximum Gasteiger partial charge on any atom is 0.111 e. The highest BCUT2D eigenvalue weighted by Crippen LogP contribution is 2.30. The molecule has 0 bridgehead atoms. The number of thioether (sulfide) groups is 1. The molecule has 84 valence electrons. The summed E-state index contributed by atoms with van der Waals surface area (Å²) in [4.78, 5) is 7.01. The summed E-state index contributed by atoms with van der Waals surface area (Å²) in [5, 5.41) is 3.34. The lowest BCUT2D eigenvalue weighted by Crippen LogP contribution is -2.32. The molecule has 2 heterocycles. The Morgan fingerprint density at radius 3 is 3.27 bits per heavy atom. The Bertz CT molecular complexity index is 316. The third-order valence-electron chi connectivity index (χ3n) is 2.54. The van der Waals surface area contributed by atoms with E-state index in [1.165, 1.54) is 10.8 Å². The van der Waals surface area contributed by atoms with Gasteiger partial charge in [-0.3, -0.25) is 4.90 Å². The second kappa shape index (κ2) is 5.30.